The lowest BCUT2D eigenvalue weighted by molar-refractivity contribution is 0.283. The van der Waals surface area contributed by atoms with Gasteiger partial charge in [-0.2, -0.15) is 0 Å². The van der Waals surface area contributed by atoms with Gasteiger partial charge in [0.25, 0.3) is 0 Å². The van der Waals surface area contributed by atoms with Crippen LogP contribution >= 0.6 is 0 Å². The zero-order chi connectivity index (χ0) is 14.5. The van der Waals surface area contributed by atoms with E-state index in [-0.39, 0.29) is 5.54 Å². The molecule has 0 amide bonds. The number of para-hydroxylation sites is 1. The highest BCUT2D eigenvalue weighted by Crippen LogP contribution is 2.24. The van der Waals surface area contributed by atoms with Crippen LogP contribution in [0.3, 0.4) is 0 Å². The molecule has 0 aliphatic heterocycles. The van der Waals surface area contributed by atoms with Crippen LogP contribution < -0.4 is 10.1 Å². The van der Waals surface area contributed by atoms with Crippen LogP contribution in [0.4, 0.5) is 0 Å². The van der Waals surface area contributed by atoms with Crippen molar-refractivity contribution in [2.75, 3.05) is 6.61 Å². The number of nitrogens with one attached hydrogen (secondary N) is 1. The molecule has 0 spiro atoms. The van der Waals surface area contributed by atoms with Gasteiger partial charge >= 0.3 is 0 Å². The zero-order valence-electron chi connectivity index (χ0n) is 13.3. The first-order chi connectivity index (χ1) is 8.79. The molecule has 2 nitrogen and oxygen atoms in total. The molecule has 1 aromatic rings. The summed E-state index contributed by atoms with van der Waals surface area (Å²) >= 11 is 0. The number of hydrogen-bond donors (Lipinski definition) is 1. The van der Waals surface area contributed by atoms with Gasteiger partial charge in [-0.1, -0.05) is 32.0 Å². The number of benzene rings is 1. The third kappa shape index (κ3) is 6.11. The van der Waals surface area contributed by atoms with Crippen molar-refractivity contribution in [3.8, 4) is 5.75 Å². The third-order valence-electron chi connectivity index (χ3n) is 3.04. The van der Waals surface area contributed by atoms with Gasteiger partial charge in [0.15, 0.2) is 0 Å². The molecule has 0 aliphatic rings. The molecule has 0 heterocycles. The number of hydrogen-bond acceptors (Lipinski definition) is 2. The van der Waals surface area contributed by atoms with E-state index in [1.807, 2.05) is 0 Å². The van der Waals surface area contributed by atoms with Crippen LogP contribution in [0.25, 0.3) is 0 Å². The topological polar surface area (TPSA) is 21.3 Å². The molecule has 19 heavy (non-hydrogen) atoms. The second kappa shape index (κ2) is 6.95. The van der Waals surface area contributed by atoms with Gasteiger partial charge in [0.05, 0.1) is 6.61 Å². The fourth-order valence-corrected chi connectivity index (χ4v) is 1.82. The maximum absolute atomic E-state index is 6.00. The average Bonchev–Trinajstić information content (AvgIpc) is 2.27. The standard InChI is InChI=1S/C17H29NO/c1-13(2)10-11-19-16-14(3)8-7-9-15(16)12-18-17(4,5)6/h7-9,13,18H,10-12H2,1-6H3. The predicted molar refractivity (Wildman–Crippen MR) is 82.7 cm³/mol. The summed E-state index contributed by atoms with van der Waals surface area (Å²) in [5.41, 5.74) is 2.59. The maximum atomic E-state index is 6.00. The van der Waals surface area contributed by atoms with E-state index < -0.39 is 0 Å². The first-order valence-electron chi connectivity index (χ1n) is 7.26. The molecule has 0 aliphatic carbocycles. The Labute approximate surface area is 118 Å². The molecule has 0 radical (unpaired) electrons. The highest BCUT2D eigenvalue weighted by molar-refractivity contribution is 5.40. The summed E-state index contributed by atoms with van der Waals surface area (Å²) < 4.78 is 6.00. The molecular formula is C17H29NO. The number of ether oxygens (including phenoxy) is 1. The summed E-state index contributed by atoms with van der Waals surface area (Å²) in [6, 6.07) is 6.37. The van der Waals surface area contributed by atoms with Crippen molar-refractivity contribution in [1.82, 2.24) is 5.32 Å². The SMILES string of the molecule is Cc1cccc(CNC(C)(C)C)c1OCCC(C)C. The molecule has 0 atom stereocenters. The first-order valence-corrected chi connectivity index (χ1v) is 7.26. The molecule has 0 saturated carbocycles. The summed E-state index contributed by atoms with van der Waals surface area (Å²) in [7, 11) is 0. The van der Waals surface area contributed by atoms with Crippen LogP contribution in [0.15, 0.2) is 18.2 Å². The molecule has 0 fully saturated rings. The van der Waals surface area contributed by atoms with Crippen LogP contribution in [-0.2, 0) is 6.54 Å². The molecule has 1 aromatic carbocycles. The van der Waals surface area contributed by atoms with Crippen molar-refractivity contribution in [3.63, 3.8) is 0 Å². The molecule has 0 unspecified atom stereocenters. The molecule has 0 aromatic heterocycles. The van der Waals surface area contributed by atoms with E-state index in [9.17, 15) is 0 Å². The van der Waals surface area contributed by atoms with Crippen LogP contribution in [0.5, 0.6) is 5.75 Å². The summed E-state index contributed by atoms with van der Waals surface area (Å²) in [5, 5.41) is 3.52. The van der Waals surface area contributed by atoms with E-state index in [4.69, 9.17) is 4.74 Å². The van der Waals surface area contributed by atoms with Crippen molar-refractivity contribution >= 4 is 0 Å². The summed E-state index contributed by atoms with van der Waals surface area (Å²) in [6.07, 6.45) is 1.10. The average molecular weight is 263 g/mol. The van der Waals surface area contributed by atoms with E-state index in [2.05, 4.69) is 65.1 Å². The highest BCUT2D eigenvalue weighted by Gasteiger charge is 2.12. The van der Waals surface area contributed by atoms with Crippen LogP contribution in [0.1, 0.15) is 52.2 Å². The lowest BCUT2D eigenvalue weighted by atomic mass is 10.1. The van der Waals surface area contributed by atoms with Gasteiger partial charge in [-0.05, 0) is 45.6 Å². The highest BCUT2D eigenvalue weighted by atomic mass is 16.5. The van der Waals surface area contributed by atoms with E-state index in [0.717, 1.165) is 25.3 Å². The van der Waals surface area contributed by atoms with Crippen LogP contribution in [0.2, 0.25) is 0 Å². The van der Waals surface area contributed by atoms with Gasteiger partial charge in [-0.3, -0.25) is 0 Å². The van der Waals surface area contributed by atoms with Crippen molar-refractivity contribution in [1.29, 1.82) is 0 Å². The second-order valence-corrected chi connectivity index (χ2v) is 6.70. The predicted octanol–water partition coefficient (Wildman–Crippen LogP) is 4.31. The number of aryl methyl sites for hydroxylation is 1. The minimum Gasteiger partial charge on any atom is -0.493 e. The Morgan fingerprint density at radius 1 is 1.21 bits per heavy atom. The lowest BCUT2D eigenvalue weighted by Crippen LogP contribution is -2.35. The molecule has 0 bridgehead atoms. The Morgan fingerprint density at radius 2 is 1.89 bits per heavy atom. The Morgan fingerprint density at radius 3 is 2.47 bits per heavy atom. The second-order valence-electron chi connectivity index (χ2n) is 6.70. The normalized spacial score (nSPS) is 11.9. The Kier molecular flexibility index (Phi) is 5.86. The van der Waals surface area contributed by atoms with E-state index >= 15 is 0 Å². The van der Waals surface area contributed by atoms with Gasteiger partial charge in [0, 0.05) is 17.6 Å². The summed E-state index contributed by atoms with van der Waals surface area (Å²) in [6.45, 7) is 14.8. The minimum atomic E-state index is 0.124. The Balaban J connectivity index is 2.71. The third-order valence-corrected chi connectivity index (χ3v) is 3.04. The smallest absolute Gasteiger partial charge is 0.126 e. The summed E-state index contributed by atoms with van der Waals surface area (Å²) in [5.74, 6) is 1.74. The lowest BCUT2D eigenvalue weighted by Gasteiger charge is -2.22. The molecule has 1 N–H and O–H groups in total. The Bertz CT molecular complexity index is 391. The molecule has 0 saturated heterocycles. The number of rotatable bonds is 6. The maximum Gasteiger partial charge on any atom is 0.126 e. The molecule has 1 rings (SSSR count). The van der Waals surface area contributed by atoms with Crippen molar-refractivity contribution in [2.24, 2.45) is 5.92 Å². The molecule has 2 heteroatoms. The largest absolute Gasteiger partial charge is 0.493 e. The minimum absolute atomic E-state index is 0.124. The first kappa shape index (κ1) is 16.0. The van der Waals surface area contributed by atoms with E-state index in [1.54, 1.807) is 0 Å². The van der Waals surface area contributed by atoms with Gasteiger partial charge in [0.1, 0.15) is 5.75 Å². The zero-order valence-corrected chi connectivity index (χ0v) is 13.3. The van der Waals surface area contributed by atoms with Crippen molar-refractivity contribution < 1.29 is 4.74 Å². The van der Waals surface area contributed by atoms with Gasteiger partial charge < -0.3 is 10.1 Å². The van der Waals surface area contributed by atoms with E-state index in [0.29, 0.717) is 5.92 Å². The van der Waals surface area contributed by atoms with Crippen molar-refractivity contribution in [3.05, 3.63) is 29.3 Å². The van der Waals surface area contributed by atoms with Gasteiger partial charge in [-0.25, -0.2) is 0 Å². The quantitative estimate of drug-likeness (QED) is 0.826. The Hall–Kier alpha value is -1.02. The van der Waals surface area contributed by atoms with Crippen molar-refractivity contribution in [2.45, 2.75) is 60.0 Å². The molecule has 108 valence electrons. The van der Waals surface area contributed by atoms with E-state index in [1.165, 1.54) is 11.1 Å². The van der Waals surface area contributed by atoms with Crippen LogP contribution in [-0.4, -0.2) is 12.1 Å². The molecular weight excluding hydrogens is 234 g/mol. The fraction of sp³-hybridized carbons (Fsp3) is 0.647. The van der Waals surface area contributed by atoms with Gasteiger partial charge in [-0.15, -0.1) is 0 Å². The van der Waals surface area contributed by atoms with Gasteiger partial charge in [0.2, 0.25) is 0 Å². The summed E-state index contributed by atoms with van der Waals surface area (Å²) in [4.78, 5) is 0. The fourth-order valence-electron chi connectivity index (χ4n) is 1.82. The monoisotopic (exact) mass is 263 g/mol. The van der Waals surface area contributed by atoms with Crippen LogP contribution in [0, 0.1) is 12.8 Å².